The lowest BCUT2D eigenvalue weighted by molar-refractivity contribution is 0.101. The van der Waals surface area contributed by atoms with Gasteiger partial charge in [-0.25, -0.2) is 4.98 Å². The summed E-state index contributed by atoms with van der Waals surface area (Å²) in [5.41, 5.74) is 3.47. The van der Waals surface area contributed by atoms with Gasteiger partial charge >= 0.3 is 0 Å². The molecular formula is C17H14N2O. The van der Waals surface area contributed by atoms with Crippen molar-refractivity contribution in [1.82, 2.24) is 9.97 Å². The van der Waals surface area contributed by atoms with Crippen molar-refractivity contribution in [3.05, 3.63) is 66.4 Å². The highest BCUT2D eigenvalue weighted by Gasteiger charge is 2.11. The van der Waals surface area contributed by atoms with Crippen molar-refractivity contribution in [3.8, 4) is 22.6 Å². The van der Waals surface area contributed by atoms with Crippen LogP contribution in [0.5, 0.6) is 0 Å². The van der Waals surface area contributed by atoms with Crippen LogP contribution in [0.15, 0.2) is 60.8 Å². The Kier molecular flexibility index (Phi) is 3.17. The average molecular weight is 262 g/mol. The van der Waals surface area contributed by atoms with E-state index in [0.29, 0.717) is 5.56 Å². The fourth-order valence-corrected chi connectivity index (χ4v) is 2.23. The van der Waals surface area contributed by atoms with Crippen molar-refractivity contribution in [3.63, 3.8) is 0 Å². The number of aromatic amines is 1. The third kappa shape index (κ3) is 2.26. The third-order valence-electron chi connectivity index (χ3n) is 3.22. The molecule has 3 heteroatoms. The van der Waals surface area contributed by atoms with E-state index in [1.54, 1.807) is 13.1 Å². The molecule has 3 nitrogen and oxygen atoms in total. The van der Waals surface area contributed by atoms with Crippen LogP contribution in [-0.2, 0) is 0 Å². The summed E-state index contributed by atoms with van der Waals surface area (Å²) in [7, 11) is 0. The van der Waals surface area contributed by atoms with E-state index in [2.05, 4.69) is 9.97 Å². The molecular weight excluding hydrogens is 248 g/mol. The summed E-state index contributed by atoms with van der Waals surface area (Å²) in [6.45, 7) is 1.58. The molecule has 2 aromatic carbocycles. The van der Waals surface area contributed by atoms with E-state index in [0.717, 1.165) is 22.6 Å². The molecule has 98 valence electrons. The van der Waals surface area contributed by atoms with Gasteiger partial charge in [0.25, 0.3) is 0 Å². The molecule has 0 unspecified atom stereocenters. The van der Waals surface area contributed by atoms with Crippen molar-refractivity contribution in [2.45, 2.75) is 6.92 Å². The first-order valence-electron chi connectivity index (χ1n) is 6.46. The van der Waals surface area contributed by atoms with Crippen LogP contribution in [0.3, 0.4) is 0 Å². The van der Waals surface area contributed by atoms with Crippen molar-refractivity contribution >= 4 is 5.78 Å². The van der Waals surface area contributed by atoms with Gasteiger partial charge in [0.2, 0.25) is 0 Å². The van der Waals surface area contributed by atoms with Crippen LogP contribution in [0.1, 0.15) is 17.3 Å². The number of carbonyl (C=O) groups is 1. The number of Topliss-reactive ketones (excluding diaryl/α,β-unsaturated/α-hetero) is 1. The fourth-order valence-electron chi connectivity index (χ4n) is 2.23. The third-order valence-corrected chi connectivity index (χ3v) is 3.22. The maximum atomic E-state index is 11.7. The summed E-state index contributed by atoms with van der Waals surface area (Å²) in [4.78, 5) is 19.4. The second-order valence-corrected chi connectivity index (χ2v) is 4.61. The Bertz CT molecular complexity index is 744. The fraction of sp³-hybridized carbons (Fsp3) is 0.0588. The molecule has 3 aromatic rings. The van der Waals surface area contributed by atoms with Gasteiger partial charge in [-0.05, 0) is 6.92 Å². The highest BCUT2D eigenvalue weighted by atomic mass is 16.1. The Labute approximate surface area is 117 Å². The summed E-state index contributed by atoms with van der Waals surface area (Å²) < 4.78 is 0. The Balaban J connectivity index is 2.05. The van der Waals surface area contributed by atoms with Gasteiger partial charge < -0.3 is 4.98 Å². The summed E-state index contributed by atoms with van der Waals surface area (Å²) in [5, 5.41) is 0. The average Bonchev–Trinajstić information content (AvgIpc) is 2.98. The summed E-state index contributed by atoms with van der Waals surface area (Å²) >= 11 is 0. The van der Waals surface area contributed by atoms with Gasteiger partial charge in [0.15, 0.2) is 5.78 Å². The number of hydrogen-bond donors (Lipinski definition) is 1. The van der Waals surface area contributed by atoms with Gasteiger partial charge in [-0.3, -0.25) is 4.79 Å². The molecule has 1 heterocycles. The molecule has 0 fully saturated rings. The quantitative estimate of drug-likeness (QED) is 0.726. The summed E-state index contributed by atoms with van der Waals surface area (Å²) in [6.07, 6.45) is 1.77. The van der Waals surface area contributed by atoms with E-state index in [9.17, 15) is 4.79 Å². The van der Waals surface area contributed by atoms with Crippen LogP contribution < -0.4 is 0 Å². The first-order chi connectivity index (χ1) is 9.75. The highest BCUT2D eigenvalue weighted by Crippen LogP contribution is 2.25. The van der Waals surface area contributed by atoms with E-state index >= 15 is 0 Å². The number of benzene rings is 2. The van der Waals surface area contributed by atoms with E-state index in [1.165, 1.54) is 0 Å². The lowest BCUT2D eigenvalue weighted by Gasteiger charge is -2.03. The highest BCUT2D eigenvalue weighted by molar-refractivity contribution is 6.00. The molecule has 0 aliphatic heterocycles. The number of ketones is 1. The molecule has 20 heavy (non-hydrogen) atoms. The molecule has 0 saturated carbocycles. The van der Waals surface area contributed by atoms with Crippen LogP contribution in [0.4, 0.5) is 0 Å². The van der Waals surface area contributed by atoms with Crippen molar-refractivity contribution < 1.29 is 4.79 Å². The largest absolute Gasteiger partial charge is 0.338 e. The molecule has 0 saturated heterocycles. The molecule has 0 aliphatic carbocycles. The molecule has 0 bridgehead atoms. The van der Waals surface area contributed by atoms with Crippen molar-refractivity contribution in [2.24, 2.45) is 0 Å². The van der Waals surface area contributed by atoms with Gasteiger partial charge in [-0.1, -0.05) is 54.6 Å². The number of H-pyrrole nitrogens is 1. The van der Waals surface area contributed by atoms with Crippen molar-refractivity contribution in [2.75, 3.05) is 0 Å². The zero-order valence-electron chi connectivity index (χ0n) is 11.1. The van der Waals surface area contributed by atoms with Crippen LogP contribution in [0.2, 0.25) is 0 Å². The molecule has 0 spiro atoms. The number of hydrogen-bond acceptors (Lipinski definition) is 2. The molecule has 1 aromatic heterocycles. The SMILES string of the molecule is CC(=O)c1ccccc1-c1cnc(-c2ccccc2)[nH]1. The van der Waals surface area contributed by atoms with Gasteiger partial charge in [-0.2, -0.15) is 0 Å². The minimum Gasteiger partial charge on any atom is -0.338 e. The van der Waals surface area contributed by atoms with Crippen LogP contribution in [0, 0.1) is 0 Å². The number of nitrogens with one attached hydrogen (secondary N) is 1. The van der Waals surface area contributed by atoms with Gasteiger partial charge in [-0.15, -0.1) is 0 Å². The Hall–Kier alpha value is -2.68. The van der Waals surface area contributed by atoms with E-state index in [4.69, 9.17) is 0 Å². The minimum atomic E-state index is 0.0523. The van der Waals surface area contributed by atoms with Gasteiger partial charge in [0.1, 0.15) is 5.82 Å². The first kappa shape index (κ1) is 12.4. The molecule has 0 atom stereocenters. The maximum absolute atomic E-state index is 11.7. The van der Waals surface area contributed by atoms with Gasteiger partial charge in [0.05, 0.1) is 11.9 Å². The van der Waals surface area contributed by atoms with Crippen molar-refractivity contribution in [1.29, 1.82) is 0 Å². The number of carbonyl (C=O) groups excluding carboxylic acids is 1. The Morgan fingerprint density at radius 1 is 1.00 bits per heavy atom. The molecule has 0 aliphatic rings. The smallest absolute Gasteiger partial charge is 0.160 e. The Morgan fingerprint density at radius 2 is 1.70 bits per heavy atom. The van der Waals surface area contributed by atoms with E-state index in [-0.39, 0.29) is 5.78 Å². The molecule has 0 amide bonds. The number of nitrogens with zero attached hydrogens (tertiary/aromatic N) is 1. The number of aromatic nitrogens is 2. The first-order valence-corrected chi connectivity index (χ1v) is 6.46. The normalized spacial score (nSPS) is 10.4. The standard InChI is InChI=1S/C17H14N2O/c1-12(20)14-9-5-6-10-15(14)16-11-18-17(19-16)13-7-3-2-4-8-13/h2-11H,1H3,(H,18,19). The number of rotatable bonds is 3. The lowest BCUT2D eigenvalue weighted by atomic mass is 10.0. The zero-order chi connectivity index (χ0) is 13.9. The molecule has 3 rings (SSSR count). The van der Waals surface area contributed by atoms with Crippen LogP contribution >= 0.6 is 0 Å². The zero-order valence-corrected chi connectivity index (χ0v) is 11.1. The van der Waals surface area contributed by atoms with Gasteiger partial charge in [0, 0.05) is 16.7 Å². The number of imidazole rings is 1. The second-order valence-electron chi connectivity index (χ2n) is 4.61. The summed E-state index contributed by atoms with van der Waals surface area (Å²) in [5.74, 6) is 0.857. The Morgan fingerprint density at radius 3 is 2.45 bits per heavy atom. The predicted octanol–water partition coefficient (Wildman–Crippen LogP) is 3.95. The topological polar surface area (TPSA) is 45.8 Å². The molecule has 1 N–H and O–H groups in total. The van der Waals surface area contributed by atoms with Crippen LogP contribution in [-0.4, -0.2) is 15.8 Å². The van der Waals surface area contributed by atoms with Crippen LogP contribution in [0.25, 0.3) is 22.6 Å². The summed E-state index contributed by atoms with van der Waals surface area (Å²) in [6, 6.07) is 17.5. The van der Waals surface area contributed by atoms with E-state index in [1.807, 2.05) is 54.6 Å². The van der Waals surface area contributed by atoms with E-state index < -0.39 is 0 Å². The monoisotopic (exact) mass is 262 g/mol. The minimum absolute atomic E-state index is 0.0523. The lowest BCUT2D eigenvalue weighted by Crippen LogP contribution is -1.95. The second kappa shape index (κ2) is 5.13. The molecule has 0 radical (unpaired) electrons. The predicted molar refractivity (Wildman–Crippen MR) is 79.5 cm³/mol. The maximum Gasteiger partial charge on any atom is 0.160 e.